The Bertz CT molecular complexity index is 1640. The summed E-state index contributed by atoms with van der Waals surface area (Å²) in [6, 6.07) is 24.1. The Morgan fingerprint density at radius 3 is 1.96 bits per heavy atom. The van der Waals surface area contributed by atoms with Crippen LogP contribution in [0.25, 0.3) is 0 Å². The highest BCUT2D eigenvalue weighted by Crippen LogP contribution is 2.60. The van der Waals surface area contributed by atoms with Gasteiger partial charge >= 0.3 is 0 Å². The smallest absolute Gasteiger partial charge is 0.244 e. The topological polar surface area (TPSA) is 86.8 Å². The highest BCUT2D eigenvalue weighted by Gasteiger charge is 2.51. The molecule has 3 aromatic carbocycles. The van der Waals surface area contributed by atoms with Gasteiger partial charge in [-0.05, 0) is 116 Å². The number of nitrogens with one attached hydrogen (secondary N) is 1. The predicted octanol–water partition coefficient (Wildman–Crippen LogP) is 6.85. The highest BCUT2D eigenvalue weighted by molar-refractivity contribution is 9.10. The fraction of sp³-hybridized carbons (Fsp3) is 0.474. The van der Waals surface area contributed by atoms with Crippen LogP contribution in [0.15, 0.2) is 83.3 Å². The fourth-order valence-electron chi connectivity index (χ4n) is 8.78. The number of carbonyl (C=O) groups excluding carboxylic acids is 2. The highest BCUT2D eigenvalue weighted by atomic mass is 79.9. The number of halogens is 1. The maximum absolute atomic E-state index is 14.4. The van der Waals surface area contributed by atoms with Crippen molar-refractivity contribution in [2.24, 2.45) is 17.8 Å². The molecule has 47 heavy (non-hydrogen) atoms. The van der Waals surface area contributed by atoms with Crippen molar-refractivity contribution < 1.29 is 18.0 Å². The van der Waals surface area contributed by atoms with E-state index in [1.54, 1.807) is 0 Å². The Morgan fingerprint density at radius 2 is 1.43 bits per heavy atom. The van der Waals surface area contributed by atoms with E-state index in [4.69, 9.17) is 0 Å². The van der Waals surface area contributed by atoms with Crippen molar-refractivity contribution in [2.75, 3.05) is 17.1 Å². The van der Waals surface area contributed by atoms with E-state index in [2.05, 4.69) is 33.4 Å². The molecule has 0 aromatic heterocycles. The molecule has 0 spiro atoms. The molecule has 4 saturated carbocycles. The summed E-state index contributed by atoms with van der Waals surface area (Å²) in [5.74, 6) is 1.70. The molecule has 4 aliphatic carbocycles. The van der Waals surface area contributed by atoms with E-state index in [0.29, 0.717) is 12.1 Å². The van der Waals surface area contributed by atoms with Crippen molar-refractivity contribution in [1.29, 1.82) is 0 Å². The van der Waals surface area contributed by atoms with E-state index in [9.17, 15) is 18.0 Å². The average Bonchev–Trinajstić information content (AvgIpc) is 3.01. The first kappa shape index (κ1) is 33.7. The van der Waals surface area contributed by atoms with E-state index in [1.807, 2.05) is 80.6 Å². The minimum atomic E-state index is -3.83. The summed E-state index contributed by atoms with van der Waals surface area (Å²) in [7, 11) is -3.83. The molecular weight excluding hydrogens is 674 g/mol. The summed E-state index contributed by atoms with van der Waals surface area (Å²) in [5, 5.41) is 3.00. The van der Waals surface area contributed by atoms with E-state index in [-0.39, 0.29) is 23.9 Å². The Morgan fingerprint density at radius 1 is 0.851 bits per heavy atom. The van der Waals surface area contributed by atoms with Crippen molar-refractivity contribution in [3.05, 3.63) is 100 Å². The molecule has 0 unspecified atom stereocenters. The quantitative estimate of drug-likeness (QED) is 0.222. The molecule has 7 rings (SSSR count). The molecule has 2 amide bonds. The molecule has 0 saturated heterocycles. The minimum absolute atomic E-state index is 0.134. The van der Waals surface area contributed by atoms with Crippen LogP contribution in [-0.4, -0.2) is 50.0 Å². The van der Waals surface area contributed by atoms with Crippen molar-refractivity contribution in [3.8, 4) is 0 Å². The lowest BCUT2D eigenvalue weighted by molar-refractivity contribution is -0.140. The van der Waals surface area contributed by atoms with Gasteiger partial charge in [-0.15, -0.1) is 0 Å². The molecule has 9 heteroatoms. The van der Waals surface area contributed by atoms with Gasteiger partial charge in [0.05, 0.1) is 11.9 Å². The normalized spacial score (nSPS) is 23.8. The number of rotatable bonds is 12. The van der Waals surface area contributed by atoms with Gasteiger partial charge in [0.25, 0.3) is 0 Å². The van der Waals surface area contributed by atoms with E-state index in [1.165, 1.54) is 53.3 Å². The van der Waals surface area contributed by atoms with Crippen LogP contribution in [-0.2, 0) is 38.0 Å². The number of sulfonamides is 1. The maximum Gasteiger partial charge on any atom is 0.244 e. The van der Waals surface area contributed by atoms with Gasteiger partial charge < -0.3 is 10.2 Å². The monoisotopic (exact) mass is 719 g/mol. The lowest BCUT2D eigenvalue weighted by Crippen LogP contribution is -2.54. The second-order valence-electron chi connectivity index (χ2n) is 14.5. The molecule has 3 aromatic rings. The number of hydrogen-bond donors (Lipinski definition) is 1. The summed E-state index contributed by atoms with van der Waals surface area (Å²) in [6.45, 7) is 3.51. The number of amides is 2. The first-order valence-electron chi connectivity index (χ1n) is 16.8. The summed E-state index contributed by atoms with van der Waals surface area (Å²) < 4.78 is 28.7. The lowest BCUT2D eigenvalue weighted by atomic mass is 9.48. The third-order valence-electron chi connectivity index (χ3n) is 10.5. The number of carbonyl (C=O) groups is 2. The van der Waals surface area contributed by atoms with Gasteiger partial charge in [-0.1, -0.05) is 70.5 Å². The zero-order valence-corrected chi connectivity index (χ0v) is 30.0. The summed E-state index contributed by atoms with van der Waals surface area (Å²) in [6.07, 6.45) is 9.17. The van der Waals surface area contributed by atoms with Crippen molar-refractivity contribution >= 4 is 43.5 Å². The zero-order chi connectivity index (χ0) is 33.3. The molecule has 0 radical (unpaired) electrons. The summed E-state index contributed by atoms with van der Waals surface area (Å²) >= 11 is 3.48. The van der Waals surface area contributed by atoms with E-state index >= 15 is 0 Å². The largest absolute Gasteiger partial charge is 0.352 e. The first-order valence-corrected chi connectivity index (χ1v) is 19.5. The Hall–Kier alpha value is -3.17. The second kappa shape index (κ2) is 13.7. The van der Waals surface area contributed by atoms with Gasteiger partial charge in [0, 0.05) is 23.5 Å². The second-order valence-corrected chi connectivity index (χ2v) is 17.4. The van der Waals surface area contributed by atoms with Gasteiger partial charge in [-0.2, -0.15) is 0 Å². The molecule has 250 valence electrons. The maximum atomic E-state index is 14.4. The van der Waals surface area contributed by atoms with Crippen LogP contribution in [0.5, 0.6) is 0 Å². The van der Waals surface area contributed by atoms with Crippen LogP contribution in [0.4, 0.5) is 5.69 Å². The SMILES string of the molecule is CC(C)NC(=O)[C@H](Cc1ccccc1)N(Cc1ccc(Br)cc1)C(=O)CN(c1ccc(C23CC4CC(CC(C4)C2)C3)cc1)S(C)(=O)=O. The molecule has 4 fully saturated rings. The van der Waals surface area contributed by atoms with Crippen molar-refractivity contribution in [1.82, 2.24) is 10.2 Å². The molecule has 7 nitrogen and oxygen atoms in total. The van der Waals surface area contributed by atoms with Crippen LogP contribution in [0, 0.1) is 17.8 Å². The van der Waals surface area contributed by atoms with Crippen LogP contribution in [0.3, 0.4) is 0 Å². The zero-order valence-electron chi connectivity index (χ0n) is 27.6. The van der Waals surface area contributed by atoms with E-state index in [0.717, 1.165) is 39.6 Å². The van der Waals surface area contributed by atoms with Crippen LogP contribution in [0.2, 0.25) is 0 Å². The predicted molar refractivity (Wildman–Crippen MR) is 190 cm³/mol. The van der Waals surface area contributed by atoms with Crippen molar-refractivity contribution in [2.45, 2.75) is 82.8 Å². The average molecular weight is 721 g/mol. The number of anilines is 1. The van der Waals surface area contributed by atoms with Gasteiger partial charge in [0.15, 0.2) is 0 Å². The van der Waals surface area contributed by atoms with Gasteiger partial charge in [-0.3, -0.25) is 13.9 Å². The molecular formula is C38H46BrN3O4S. The fourth-order valence-corrected chi connectivity index (χ4v) is 9.89. The Kier molecular flexibility index (Phi) is 9.86. The third kappa shape index (κ3) is 7.78. The van der Waals surface area contributed by atoms with E-state index < -0.39 is 28.5 Å². The number of nitrogens with zero attached hydrogens (tertiary/aromatic N) is 2. The molecule has 4 aliphatic rings. The van der Waals surface area contributed by atoms with Crippen LogP contribution < -0.4 is 9.62 Å². The molecule has 0 aliphatic heterocycles. The first-order chi connectivity index (χ1) is 22.4. The van der Waals surface area contributed by atoms with Gasteiger partial charge in [0.2, 0.25) is 21.8 Å². The standard InChI is InChI=1S/C38H46BrN3O4S/c1-26(2)40-37(44)35(20-27-7-5-4-6-8-27)41(24-28-9-13-33(39)14-10-28)36(43)25-42(47(3,45)46)34-15-11-32(12-16-34)38-21-29-17-30(22-38)19-31(18-29)23-38/h4-16,26,29-31,35H,17-25H2,1-3H3,(H,40,44)/t29?,30?,31?,35-,38?/m0/s1. The van der Waals surface area contributed by atoms with Gasteiger partial charge in [-0.25, -0.2) is 8.42 Å². The molecule has 1 N–H and O–H groups in total. The summed E-state index contributed by atoms with van der Waals surface area (Å²) in [5.41, 5.74) is 3.69. The van der Waals surface area contributed by atoms with Crippen LogP contribution >= 0.6 is 15.9 Å². The summed E-state index contributed by atoms with van der Waals surface area (Å²) in [4.78, 5) is 29.7. The van der Waals surface area contributed by atoms with Crippen LogP contribution in [0.1, 0.15) is 69.1 Å². The number of benzene rings is 3. The van der Waals surface area contributed by atoms with Crippen molar-refractivity contribution in [3.63, 3.8) is 0 Å². The lowest BCUT2D eigenvalue weighted by Gasteiger charge is -2.57. The molecule has 1 atom stereocenters. The third-order valence-corrected chi connectivity index (χ3v) is 12.1. The van der Waals surface area contributed by atoms with Gasteiger partial charge in [0.1, 0.15) is 12.6 Å². The minimum Gasteiger partial charge on any atom is -0.352 e. The molecule has 4 bridgehead atoms. The Labute approximate surface area is 288 Å². The Balaban J connectivity index is 1.30. The number of hydrogen-bond acceptors (Lipinski definition) is 4. The molecule has 0 heterocycles.